The molecule has 3 heterocycles. The van der Waals surface area contributed by atoms with Crippen LogP contribution in [0.1, 0.15) is 44.2 Å². The molecule has 2 unspecified atom stereocenters. The van der Waals surface area contributed by atoms with Gasteiger partial charge >= 0.3 is 17.8 Å². The van der Waals surface area contributed by atoms with E-state index in [2.05, 4.69) is 9.97 Å². The number of methoxy groups -OCH3 is 1. The number of halogens is 3. The Morgan fingerprint density at radius 3 is 2.42 bits per heavy atom. The molecule has 1 N–H and O–H groups in total. The maximum atomic E-state index is 13.2. The molecule has 0 amide bonds. The highest BCUT2D eigenvalue weighted by Crippen LogP contribution is 2.32. The van der Waals surface area contributed by atoms with E-state index in [0.717, 1.165) is 12.1 Å². The molecule has 4 aromatic rings. The van der Waals surface area contributed by atoms with Crippen LogP contribution in [0.5, 0.6) is 5.75 Å². The van der Waals surface area contributed by atoms with E-state index in [1.807, 2.05) is 18.7 Å². The molecule has 0 bridgehead atoms. The van der Waals surface area contributed by atoms with Crippen LogP contribution in [0.3, 0.4) is 0 Å². The van der Waals surface area contributed by atoms with Gasteiger partial charge in [-0.1, -0.05) is 32.0 Å². The first-order valence-electron chi connectivity index (χ1n) is 15.0. The monoisotopic (exact) mass is 627 g/mol. The van der Waals surface area contributed by atoms with Gasteiger partial charge in [0.25, 0.3) is 5.56 Å². The Hall–Kier alpha value is -4.39. The summed E-state index contributed by atoms with van der Waals surface area (Å²) < 4.78 is 53.4. The summed E-state index contributed by atoms with van der Waals surface area (Å²) in [6.07, 6.45) is -2.66. The van der Waals surface area contributed by atoms with Crippen molar-refractivity contribution in [1.29, 1.82) is 0 Å². The van der Waals surface area contributed by atoms with Crippen LogP contribution in [0.4, 0.5) is 13.2 Å². The summed E-state index contributed by atoms with van der Waals surface area (Å²) in [6.45, 7) is 5.52. The van der Waals surface area contributed by atoms with Crippen LogP contribution < -0.4 is 16.0 Å². The molecule has 0 aliphatic carbocycles. The standard InChI is InChI=1S/C32H36F3N5O5/c1-4-13-39-28-26(29(41)40(14-5-2)31(39)43)36-27(37-28)22-9-11-24(12-10-22)45-19-21-16-25(30(42)44-3)38(18-21)17-20-7-6-8-23(15-20)32(33,34)35/h6-12,15,21,25H,4-5,13-14,16-19H2,1-3H3,(H,36,37). The number of nitrogens with zero attached hydrogens (tertiary/aromatic N) is 4. The SMILES string of the molecule is CCCn1c(=O)c2[nH]c(-c3ccc(OCC4CC(C(=O)OC)N(Cc5cccc(C(F)(F)F)c5)C4)cc3)nc2n(CCC)c1=O. The number of rotatable bonds is 11. The van der Waals surface area contributed by atoms with Crippen LogP contribution >= 0.6 is 0 Å². The van der Waals surface area contributed by atoms with E-state index in [1.165, 1.54) is 22.3 Å². The summed E-state index contributed by atoms with van der Waals surface area (Å²) in [5.74, 6) is 0.532. The Balaban J connectivity index is 1.29. The first kappa shape index (κ1) is 32.0. The van der Waals surface area contributed by atoms with Gasteiger partial charge < -0.3 is 14.5 Å². The van der Waals surface area contributed by atoms with Crippen LogP contribution in [-0.4, -0.2) is 56.3 Å². The second-order valence-electron chi connectivity index (χ2n) is 11.3. The van der Waals surface area contributed by atoms with E-state index in [9.17, 15) is 27.6 Å². The second kappa shape index (κ2) is 13.3. The molecule has 1 saturated heterocycles. The maximum absolute atomic E-state index is 13.2. The number of nitrogens with one attached hydrogen (secondary N) is 1. The quantitative estimate of drug-likeness (QED) is 0.237. The smallest absolute Gasteiger partial charge is 0.416 e. The normalized spacial score (nSPS) is 17.2. The van der Waals surface area contributed by atoms with Crippen molar-refractivity contribution in [3.05, 3.63) is 80.5 Å². The van der Waals surface area contributed by atoms with Crippen molar-refractivity contribution in [3.8, 4) is 17.1 Å². The molecule has 45 heavy (non-hydrogen) atoms. The van der Waals surface area contributed by atoms with Crippen molar-refractivity contribution in [1.82, 2.24) is 24.0 Å². The van der Waals surface area contributed by atoms with Gasteiger partial charge in [0, 0.05) is 37.7 Å². The molecule has 2 aromatic heterocycles. The van der Waals surface area contributed by atoms with Gasteiger partial charge in [-0.3, -0.25) is 23.6 Å². The van der Waals surface area contributed by atoms with Gasteiger partial charge in [0.15, 0.2) is 5.65 Å². The summed E-state index contributed by atoms with van der Waals surface area (Å²) in [5, 5.41) is 0. The zero-order chi connectivity index (χ0) is 32.3. The van der Waals surface area contributed by atoms with Gasteiger partial charge in [0.05, 0.1) is 19.3 Å². The first-order chi connectivity index (χ1) is 21.5. The number of ether oxygens (including phenoxy) is 2. The van der Waals surface area contributed by atoms with E-state index in [0.29, 0.717) is 67.2 Å². The molecular weight excluding hydrogens is 591 g/mol. The van der Waals surface area contributed by atoms with E-state index < -0.39 is 29.3 Å². The molecule has 1 aliphatic rings. The Kier molecular flexibility index (Phi) is 9.47. The third-order valence-electron chi connectivity index (χ3n) is 7.97. The summed E-state index contributed by atoms with van der Waals surface area (Å²) >= 11 is 0. The van der Waals surface area contributed by atoms with Gasteiger partial charge in [-0.2, -0.15) is 13.2 Å². The number of fused-ring (bicyclic) bond motifs is 1. The number of likely N-dealkylation sites (tertiary alicyclic amines) is 1. The molecule has 1 aliphatic heterocycles. The van der Waals surface area contributed by atoms with Crippen molar-refractivity contribution < 1.29 is 27.4 Å². The van der Waals surface area contributed by atoms with Gasteiger partial charge in [0.1, 0.15) is 23.1 Å². The predicted octanol–water partition coefficient (Wildman–Crippen LogP) is 4.83. The number of carbonyl (C=O) groups excluding carboxylic acids is 1. The van der Waals surface area contributed by atoms with E-state index >= 15 is 0 Å². The third kappa shape index (κ3) is 6.82. The average molecular weight is 628 g/mol. The molecule has 240 valence electrons. The van der Waals surface area contributed by atoms with Gasteiger partial charge in [-0.05, 0) is 55.2 Å². The van der Waals surface area contributed by atoms with E-state index in [4.69, 9.17) is 9.47 Å². The molecule has 1 fully saturated rings. The van der Waals surface area contributed by atoms with Gasteiger partial charge in [-0.25, -0.2) is 9.78 Å². The van der Waals surface area contributed by atoms with Crippen molar-refractivity contribution in [2.75, 3.05) is 20.3 Å². The Labute approximate surface area is 257 Å². The van der Waals surface area contributed by atoms with Crippen LogP contribution in [0.25, 0.3) is 22.6 Å². The summed E-state index contributed by atoms with van der Waals surface area (Å²) in [4.78, 5) is 48.1. The number of esters is 1. The summed E-state index contributed by atoms with van der Waals surface area (Å²) in [7, 11) is 1.29. The lowest BCUT2D eigenvalue weighted by molar-refractivity contribution is -0.146. The summed E-state index contributed by atoms with van der Waals surface area (Å²) in [5.41, 5.74) is 0.267. The lowest BCUT2D eigenvalue weighted by Gasteiger charge is -2.22. The predicted molar refractivity (Wildman–Crippen MR) is 162 cm³/mol. The highest BCUT2D eigenvalue weighted by atomic mass is 19.4. The molecule has 2 atom stereocenters. The highest BCUT2D eigenvalue weighted by molar-refractivity contribution is 5.76. The minimum absolute atomic E-state index is 0.0597. The number of carbonyl (C=O) groups is 1. The van der Waals surface area contributed by atoms with E-state index in [-0.39, 0.29) is 30.3 Å². The van der Waals surface area contributed by atoms with Gasteiger partial charge in [-0.15, -0.1) is 0 Å². The zero-order valence-corrected chi connectivity index (χ0v) is 25.4. The molecule has 2 aromatic carbocycles. The number of hydrogen-bond donors (Lipinski definition) is 1. The molecular formula is C32H36F3N5O5. The molecule has 13 heteroatoms. The fourth-order valence-corrected chi connectivity index (χ4v) is 5.83. The second-order valence-corrected chi connectivity index (χ2v) is 11.3. The molecule has 0 saturated carbocycles. The molecule has 0 radical (unpaired) electrons. The fourth-order valence-electron chi connectivity index (χ4n) is 5.83. The van der Waals surface area contributed by atoms with Crippen LogP contribution in [0.2, 0.25) is 0 Å². The minimum atomic E-state index is -4.45. The number of alkyl halides is 3. The largest absolute Gasteiger partial charge is 0.493 e. The Morgan fingerprint density at radius 1 is 1.04 bits per heavy atom. The van der Waals surface area contributed by atoms with Crippen LogP contribution in [0, 0.1) is 5.92 Å². The number of aryl methyl sites for hydroxylation is 1. The van der Waals surface area contributed by atoms with Gasteiger partial charge in [0.2, 0.25) is 0 Å². The van der Waals surface area contributed by atoms with Crippen molar-refractivity contribution in [2.45, 2.75) is 65.0 Å². The van der Waals surface area contributed by atoms with Crippen LogP contribution in [-0.2, 0) is 35.3 Å². The number of benzene rings is 2. The Bertz CT molecular complexity index is 1780. The van der Waals surface area contributed by atoms with Crippen molar-refractivity contribution in [2.24, 2.45) is 5.92 Å². The maximum Gasteiger partial charge on any atom is 0.416 e. The first-order valence-corrected chi connectivity index (χ1v) is 15.0. The minimum Gasteiger partial charge on any atom is -0.493 e. The number of H-pyrrole nitrogens is 1. The highest BCUT2D eigenvalue weighted by Gasteiger charge is 2.38. The third-order valence-corrected chi connectivity index (χ3v) is 7.97. The number of aromatic amines is 1. The lowest BCUT2D eigenvalue weighted by Crippen LogP contribution is -2.40. The van der Waals surface area contributed by atoms with Crippen LogP contribution in [0.15, 0.2) is 58.1 Å². The molecule has 5 rings (SSSR count). The average Bonchev–Trinajstić information content (AvgIpc) is 3.65. The van der Waals surface area contributed by atoms with Crippen molar-refractivity contribution >= 4 is 17.1 Å². The van der Waals surface area contributed by atoms with Crippen molar-refractivity contribution in [3.63, 3.8) is 0 Å². The fraction of sp³-hybridized carbons (Fsp3) is 0.438. The molecule has 0 spiro atoms. The zero-order valence-electron chi connectivity index (χ0n) is 25.4. The number of aromatic nitrogens is 4. The number of hydrogen-bond acceptors (Lipinski definition) is 7. The summed E-state index contributed by atoms with van der Waals surface area (Å²) in [6, 6.07) is 11.6. The molecule has 10 nitrogen and oxygen atoms in total. The number of imidazole rings is 1. The topological polar surface area (TPSA) is 111 Å². The Morgan fingerprint density at radius 2 is 1.76 bits per heavy atom. The lowest BCUT2D eigenvalue weighted by atomic mass is 10.1. The van der Waals surface area contributed by atoms with E-state index in [1.54, 1.807) is 30.3 Å².